The number of aliphatic hydroxyl groups is 1. The maximum absolute atomic E-state index is 13.6. The summed E-state index contributed by atoms with van der Waals surface area (Å²) in [5.74, 6) is 0.316. The van der Waals surface area contributed by atoms with Gasteiger partial charge in [-0.25, -0.2) is 4.39 Å². The highest BCUT2D eigenvalue weighted by molar-refractivity contribution is 6.30. The van der Waals surface area contributed by atoms with Crippen molar-refractivity contribution in [2.45, 2.75) is 44.6 Å². The van der Waals surface area contributed by atoms with Crippen LogP contribution in [-0.4, -0.2) is 5.11 Å². The summed E-state index contributed by atoms with van der Waals surface area (Å²) in [6.07, 6.45) is 6.05. The zero-order chi connectivity index (χ0) is 12.3. The largest absolute Gasteiger partial charge is 0.388 e. The van der Waals surface area contributed by atoms with E-state index in [-0.39, 0.29) is 0 Å². The van der Waals surface area contributed by atoms with Gasteiger partial charge in [0.1, 0.15) is 5.82 Å². The minimum absolute atomic E-state index is 0.368. The van der Waals surface area contributed by atoms with Gasteiger partial charge in [-0.3, -0.25) is 0 Å². The van der Waals surface area contributed by atoms with Crippen molar-refractivity contribution in [3.63, 3.8) is 0 Å². The van der Waals surface area contributed by atoms with Crippen LogP contribution in [-0.2, 0) is 0 Å². The van der Waals surface area contributed by atoms with E-state index in [2.05, 4.69) is 0 Å². The number of aliphatic hydroxyl groups excluding tert-OH is 1. The second-order valence-corrected chi connectivity index (χ2v) is 5.35. The molecule has 1 aliphatic carbocycles. The summed E-state index contributed by atoms with van der Waals surface area (Å²) in [5, 5.41) is 10.3. The summed E-state index contributed by atoms with van der Waals surface area (Å²) in [7, 11) is 0. The van der Waals surface area contributed by atoms with Crippen molar-refractivity contribution in [1.82, 2.24) is 0 Å². The SMILES string of the molecule is OC(CCC1CCCC1)c1ccc(Cl)cc1F. The predicted molar refractivity (Wildman–Crippen MR) is 67.6 cm³/mol. The highest BCUT2D eigenvalue weighted by Gasteiger charge is 2.18. The number of halogens is 2. The smallest absolute Gasteiger partial charge is 0.130 e. The molecular weight excluding hydrogens is 239 g/mol. The number of hydrogen-bond donors (Lipinski definition) is 1. The number of hydrogen-bond acceptors (Lipinski definition) is 1. The molecule has 0 bridgehead atoms. The fourth-order valence-corrected chi connectivity index (χ4v) is 2.78. The van der Waals surface area contributed by atoms with Gasteiger partial charge in [0.25, 0.3) is 0 Å². The first-order valence-corrected chi connectivity index (χ1v) is 6.67. The van der Waals surface area contributed by atoms with Crippen LogP contribution in [0.15, 0.2) is 18.2 Å². The third-order valence-corrected chi connectivity index (χ3v) is 3.88. The van der Waals surface area contributed by atoms with Crippen LogP contribution < -0.4 is 0 Å². The molecule has 1 aromatic carbocycles. The van der Waals surface area contributed by atoms with Gasteiger partial charge in [-0.05, 0) is 30.9 Å². The lowest BCUT2D eigenvalue weighted by atomic mass is 9.96. The second kappa shape index (κ2) is 5.83. The monoisotopic (exact) mass is 256 g/mol. The zero-order valence-electron chi connectivity index (χ0n) is 9.83. The Balaban J connectivity index is 1.91. The Morgan fingerprint density at radius 1 is 1.35 bits per heavy atom. The number of rotatable bonds is 4. The molecular formula is C14H18ClFO. The van der Waals surface area contributed by atoms with Crippen LogP contribution in [0.5, 0.6) is 0 Å². The third kappa shape index (κ3) is 3.43. The molecule has 0 heterocycles. The summed E-state index contributed by atoms with van der Waals surface area (Å²) in [6.45, 7) is 0. The van der Waals surface area contributed by atoms with Crippen molar-refractivity contribution < 1.29 is 9.50 Å². The Morgan fingerprint density at radius 2 is 2.06 bits per heavy atom. The molecule has 94 valence electrons. The van der Waals surface area contributed by atoms with Gasteiger partial charge in [-0.1, -0.05) is 43.4 Å². The van der Waals surface area contributed by atoms with Gasteiger partial charge >= 0.3 is 0 Å². The Morgan fingerprint density at radius 3 is 2.71 bits per heavy atom. The molecule has 1 fully saturated rings. The molecule has 0 radical (unpaired) electrons. The highest BCUT2D eigenvalue weighted by atomic mass is 35.5. The van der Waals surface area contributed by atoms with Crippen LogP contribution in [0.25, 0.3) is 0 Å². The summed E-state index contributed by atoms with van der Waals surface area (Å²) >= 11 is 5.68. The quantitative estimate of drug-likeness (QED) is 0.842. The molecule has 1 aromatic rings. The first-order chi connectivity index (χ1) is 8.16. The van der Waals surface area contributed by atoms with Gasteiger partial charge in [0.15, 0.2) is 0 Å². The molecule has 0 aromatic heterocycles. The van der Waals surface area contributed by atoms with Gasteiger partial charge < -0.3 is 5.11 Å². The fourth-order valence-electron chi connectivity index (χ4n) is 2.62. The van der Waals surface area contributed by atoms with Crippen LogP contribution in [0.2, 0.25) is 5.02 Å². The summed E-state index contributed by atoms with van der Waals surface area (Å²) < 4.78 is 13.6. The molecule has 1 N–H and O–H groups in total. The minimum Gasteiger partial charge on any atom is -0.388 e. The molecule has 1 aliphatic rings. The van der Waals surface area contributed by atoms with E-state index >= 15 is 0 Å². The summed E-state index contributed by atoms with van der Waals surface area (Å²) in [6, 6.07) is 4.46. The van der Waals surface area contributed by atoms with Crippen molar-refractivity contribution in [2.24, 2.45) is 5.92 Å². The minimum atomic E-state index is -0.701. The van der Waals surface area contributed by atoms with Crippen molar-refractivity contribution in [3.8, 4) is 0 Å². The van der Waals surface area contributed by atoms with E-state index in [1.165, 1.54) is 31.7 Å². The van der Waals surface area contributed by atoms with Crippen molar-refractivity contribution in [2.75, 3.05) is 0 Å². The van der Waals surface area contributed by atoms with Crippen LogP contribution in [0, 0.1) is 11.7 Å². The average molecular weight is 257 g/mol. The standard InChI is InChI=1S/C14H18ClFO/c15-11-6-7-12(13(16)9-11)14(17)8-5-10-3-1-2-4-10/h6-7,9-10,14,17H,1-5,8H2. The highest BCUT2D eigenvalue weighted by Crippen LogP contribution is 2.32. The molecule has 0 saturated heterocycles. The molecule has 1 unspecified atom stereocenters. The lowest BCUT2D eigenvalue weighted by molar-refractivity contribution is 0.152. The van der Waals surface area contributed by atoms with E-state index in [9.17, 15) is 9.50 Å². The molecule has 1 saturated carbocycles. The molecule has 17 heavy (non-hydrogen) atoms. The van der Waals surface area contributed by atoms with Crippen molar-refractivity contribution in [3.05, 3.63) is 34.6 Å². The predicted octanol–water partition coefficient (Wildman–Crippen LogP) is 4.48. The van der Waals surface area contributed by atoms with Gasteiger partial charge in [0.2, 0.25) is 0 Å². The van der Waals surface area contributed by atoms with E-state index in [0.29, 0.717) is 17.0 Å². The van der Waals surface area contributed by atoms with Crippen LogP contribution in [0.3, 0.4) is 0 Å². The molecule has 0 aliphatic heterocycles. The van der Waals surface area contributed by atoms with Crippen molar-refractivity contribution >= 4 is 11.6 Å². The Hall–Kier alpha value is -0.600. The first kappa shape index (κ1) is 12.8. The van der Waals surface area contributed by atoms with E-state index in [1.54, 1.807) is 12.1 Å². The normalized spacial score (nSPS) is 18.5. The molecule has 1 atom stereocenters. The van der Waals surface area contributed by atoms with Gasteiger partial charge in [0, 0.05) is 10.6 Å². The first-order valence-electron chi connectivity index (χ1n) is 6.30. The lowest BCUT2D eigenvalue weighted by Gasteiger charge is -2.14. The maximum atomic E-state index is 13.6. The van der Waals surface area contributed by atoms with Crippen LogP contribution in [0.1, 0.15) is 50.2 Å². The zero-order valence-corrected chi connectivity index (χ0v) is 10.6. The lowest BCUT2D eigenvalue weighted by Crippen LogP contribution is -2.03. The average Bonchev–Trinajstić information content (AvgIpc) is 2.78. The maximum Gasteiger partial charge on any atom is 0.130 e. The molecule has 3 heteroatoms. The molecule has 0 spiro atoms. The van der Waals surface area contributed by atoms with Gasteiger partial charge in [0.05, 0.1) is 6.10 Å². The van der Waals surface area contributed by atoms with Gasteiger partial charge in [-0.15, -0.1) is 0 Å². The van der Waals surface area contributed by atoms with Crippen molar-refractivity contribution in [1.29, 1.82) is 0 Å². The third-order valence-electron chi connectivity index (χ3n) is 3.64. The van der Waals surface area contributed by atoms with E-state index in [0.717, 1.165) is 12.3 Å². The Bertz CT molecular complexity index is 374. The molecule has 1 nitrogen and oxygen atoms in total. The fraction of sp³-hybridized carbons (Fsp3) is 0.571. The topological polar surface area (TPSA) is 20.2 Å². The van der Waals surface area contributed by atoms with E-state index < -0.39 is 11.9 Å². The molecule has 2 rings (SSSR count). The van der Waals surface area contributed by atoms with Crippen LogP contribution in [0.4, 0.5) is 4.39 Å². The van der Waals surface area contributed by atoms with Gasteiger partial charge in [-0.2, -0.15) is 0 Å². The Labute approximate surface area is 107 Å². The van der Waals surface area contributed by atoms with E-state index in [1.807, 2.05) is 0 Å². The van der Waals surface area contributed by atoms with Crippen LogP contribution >= 0.6 is 11.6 Å². The number of benzene rings is 1. The Kier molecular flexibility index (Phi) is 4.41. The summed E-state index contributed by atoms with van der Waals surface area (Å²) in [5.41, 5.74) is 0.368. The molecule has 0 amide bonds. The summed E-state index contributed by atoms with van der Waals surface area (Å²) in [4.78, 5) is 0. The van der Waals surface area contributed by atoms with E-state index in [4.69, 9.17) is 11.6 Å². The second-order valence-electron chi connectivity index (χ2n) is 4.91.